The Morgan fingerprint density at radius 3 is 3.04 bits per heavy atom. The molecule has 0 unspecified atom stereocenters. The van der Waals surface area contributed by atoms with E-state index in [9.17, 15) is 4.79 Å². The van der Waals surface area contributed by atoms with Crippen LogP contribution in [0.5, 0.6) is 0 Å². The van der Waals surface area contributed by atoms with Gasteiger partial charge in [0.25, 0.3) is 5.91 Å². The molecular weight excluding hydrogens is 318 g/mol. The van der Waals surface area contributed by atoms with Gasteiger partial charge in [-0.15, -0.1) is 0 Å². The van der Waals surface area contributed by atoms with Crippen LogP contribution in [0.15, 0.2) is 24.5 Å². The Balaban J connectivity index is 1.63. The number of hydrogen-bond donors (Lipinski definition) is 2. The number of ether oxygens (including phenoxy) is 1. The second-order valence-electron chi connectivity index (χ2n) is 6.65. The lowest BCUT2D eigenvalue weighted by molar-refractivity contribution is -0.0113. The third kappa shape index (κ3) is 4.11. The summed E-state index contributed by atoms with van der Waals surface area (Å²) in [6.07, 6.45) is 6.09. The van der Waals surface area contributed by atoms with Gasteiger partial charge in [0.15, 0.2) is 0 Å². The SMILES string of the molecule is CCn1cc([C@H]2OCCC[C@@H]2NCc2ccc(C(=O)N(C)C)[nH]2)cn1. The second kappa shape index (κ2) is 7.84. The quantitative estimate of drug-likeness (QED) is 0.839. The predicted molar refractivity (Wildman–Crippen MR) is 95.3 cm³/mol. The summed E-state index contributed by atoms with van der Waals surface area (Å²) in [6, 6.07) is 4.02. The van der Waals surface area contributed by atoms with E-state index in [4.69, 9.17) is 4.74 Å². The van der Waals surface area contributed by atoms with E-state index in [1.54, 1.807) is 19.0 Å². The fourth-order valence-corrected chi connectivity index (χ4v) is 3.17. The zero-order valence-corrected chi connectivity index (χ0v) is 15.2. The zero-order valence-electron chi connectivity index (χ0n) is 15.2. The molecule has 0 spiro atoms. The lowest BCUT2D eigenvalue weighted by Gasteiger charge is -2.32. The van der Waals surface area contributed by atoms with Crippen LogP contribution in [0.25, 0.3) is 0 Å². The number of aromatic nitrogens is 3. The molecule has 2 aromatic heterocycles. The van der Waals surface area contributed by atoms with Gasteiger partial charge in [-0.2, -0.15) is 5.10 Å². The van der Waals surface area contributed by atoms with E-state index in [0.717, 1.165) is 37.3 Å². The van der Waals surface area contributed by atoms with E-state index >= 15 is 0 Å². The van der Waals surface area contributed by atoms with E-state index in [0.29, 0.717) is 12.2 Å². The van der Waals surface area contributed by atoms with Crippen molar-refractivity contribution in [2.45, 2.75) is 45.0 Å². The first-order chi connectivity index (χ1) is 12.1. The van der Waals surface area contributed by atoms with Crippen LogP contribution in [0.4, 0.5) is 0 Å². The second-order valence-corrected chi connectivity index (χ2v) is 6.65. The molecule has 1 fully saturated rings. The lowest BCUT2D eigenvalue weighted by atomic mass is 9.98. The average molecular weight is 345 g/mol. The van der Waals surface area contributed by atoms with Crippen molar-refractivity contribution >= 4 is 5.91 Å². The van der Waals surface area contributed by atoms with Crippen molar-refractivity contribution in [1.82, 2.24) is 25.0 Å². The molecule has 7 heteroatoms. The van der Waals surface area contributed by atoms with E-state index in [2.05, 4.69) is 28.5 Å². The molecule has 1 saturated heterocycles. The molecule has 2 atom stereocenters. The summed E-state index contributed by atoms with van der Waals surface area (Å²) in [4.78, 5) is 16.7. The molecular formula is C18H27N5O2. The highest BCUT2D eigenvalue weighted by Crippen LogP contribution is 2.28. The number of amides is 1. The van der Waals surface area contributed by atoms with Crippen molar-refractivity contribution in [2.75, 3.05) is 20.7 Å². The first kappa shape index (κ1) is 17.7. The Bertz CT molecular complexity index is 706. The van der Waals surface area contributed by atoms with Crippen molar-refractivity contribution in [3.63, 3.8) is 0 Å². The molecule has 1 amide bonds. The number of aryl methyl sites for hydroxylation is 1. The van der Waals surface area contributed by atoms with Crippen molar-refractivity contribution in [2.24, 2.45) is 0 Å². The number of carbonyl (C=O) groups excluding carboxylic acids is 1. The highest BCUT2D eigenvalue weighted by Gasteiger charge is 2.28. The molecule has 2 N–H and O–H groups in total. The average Bonchev–Trinajstić information content (AvgIpc) is 3.28. The molecule has 2 aromatic rings. The smallest absolute Gasteiger partial charge is 0.269 e. The van der Waals surface area contributed by atoms with Gasteiger partial charge in [0.1, 0.15) is 11.8 Å². The van der Waals surface area contributed by atoms with E-state index < -0.39 is 0 Å². The molecule has 3 heterocycles. The normalized spacial score (nSPS) is 20.6. The maximum atomic E-state index is 12.0. The van der Waals surface area contributed by atoms with Crippen LogP contribution in [0, 0.1) is 0 Å². The van der Waals surface area contributed by atoms with Gasteiger partial charge in [0.05, 0.1) is 6.20 Å². The number of rotatable bonds is 6. The third-order valence-corrected chi connectivity index (χ3v) is 4.57. The van der Waals surface area contributed by atoms with Gasteiger partial charge in [0, 0.05) is 57.3 Å². The van der Waals surface area contributed by atoms with E-state index in [1.807, 2.05) is 23.0 Å². The molecule has 0 bridgehead atoms. The molecule has 1 aliphatic heterocycles. The molecule has 7 nitrogen and oxygen atoms in total. The maximum Gasteiger partial charge on any atom is 0.269 e. The van der Waals surface area contributed by atoms with Crippen molar-refractivity contribution in [1.29, 1.82) is 0 Å². The van der Waals surface area contributed by atoms with Crippen LogP contribution in [0.2, 0.25) is 0 Å². The summed E-state index contributed by atoms with van der Waals surface area (Å²) in [7, 11) is 3.50. The minimum absolute atomic E-state index is 0.0166. The Morgan fingerprint density at radius 2 is 2.32 bits per heavy atom. The summed E-state index contributed by atoms with van der Waals surface area (Å²) >= 11 is 0. The summed E-state index contributed by atoms with van der Waals surface area (Å²) in [5.74, 6) is -0.0166. The van der Waals surface area contributed by atoms with Gasteiger partial charge in [-0.25, -0.2) is 0 Å². The van der Waals surface area contributed by atoms with Crippen molar-refractivity contribution < 1.29 is 9.53 Å². The Labute approximate surface area is 148 Å². The maximum absolute atomic E-state index is 12.0. The van der Waals surface area contributed by atoms with Crippen molar-refractivity contribution in [3.05, 3.63) is 41.5 Å². The number of aromatic amines is 1. The van der Waals surface area contributed by atoms with Gasteiger partial charge in [-0.3, -0.25) is 9.48 Å². The standard InChI is InChI=1S/C18H27N5O2/c1-4-23-12-13(10-20-23)17-15(6-5-9-25-17)19-11-14-7-8-16(21-14)18(24)22(2)3/h7-8,10,12,15,17,19,21H,4-6,9,11H2,1-3H3/t15-,17+/m0/s1. The van der Waals surface area contributed by atoms with Gasteiger partial charge in [0.2, 0.25) is 0 Å². The predicted octanol–water partition coefficient (Wildman–Crippen LogP) is 1.94. The molecule has 3 rings (SSSR count). The molecule has 0 aromatic carbocycles. The number of nitrogens with one attached hydrogen (secondary N) is 2. The fourth-order valence-electron chi connectivity index (χ4n) is 3.17. The summed E-state index contributed by atoms with van der Waals surface area (Å²) < 4.78 is 7.94. The van der Waals surface area contributed by atoms with Crippen molar-refractivity contribution in [3.8, 4) is 0 Å². The summed E-state index contributed by atoms with van der Waals surface area (Å²) in [5, 5.41) is 7.94. The van der Waals surface area contributed by atoms with Gasteiger partial charge < -0.3 is 19.9 Å². The first-order valence-corrected chi connectivity index (χ1v) is 8.85. The first-order valence-electron chi connectivity index (χ1n) is 8.85. The fraction of sp³-hybridized carbons (Fsp3) is 0.556. The van der Waals surface area contributed by atoms with Gasteiger partial charge >= 0.3 is 0 Å². The Morgan fingerprint density at radius 1 is 1.48 bits per heavy atom. The largest absolute Gasteiger partial charge is 0.372 e. The minimum atomic E-state index is -0.0166. The number of H-pyrrole nitrogens is 1. The minimum Gasteiger partial charge on any atom is -0.372 e. The van der Waals surface area contributed by atoms with Crippen LogP contribution in [0.1, 0.15) is 47.6 Å². The molecule has 1 aliphatic rings. The van der Waals surface area contributed by atoms with Gasteiger partial charge in [-0.05, 0) is 31.9 Å². The monoisotopic (exact) mass is 345 g/mol. The number of carbonyl (C=O) groups is 1. The topological polar surface area (TPSA) is 75.2 Å². The molecule has 136 valence electrons. The summed E-state index contributed by atoms with van der Waals surface area (Å²) in [6.45, 7) is 4.39. The summed E-state index contributed by atoms with van der Waals surface area (Å²) in [5.41, 5.74) is 2.73. The molecule has 0 saturated carbocycles. The van der Waals surface area contributed by atoms with Crippen LogP contribution >= 0.6 is 0 Å². The third-order valence-electron chi connectivity index (χ3n) is 4.57. The van der Waals surface area contributed by atoms with Crippen LogP contribution in [0.3, 0.4) is 0 Å². The number of hydrogen-bond acceptors (Lipinski definition) is 4. The zero-order chi connectivity index (χ0) is 17.8. The molecule has 0 radical (unpaired) electrons. The lowest BCUT2D eigenvalue weighted by Crippen LogP contribution is -2.39. The Kier molecular flexibility index (Phi) is 5.55. The number of nitrogens with zero attached hydrogens (tertiary/aromatic N) is 3. The van der Waals surface area contributed by atoms with Crippen LogP contribution in [-0.4, -0.2) is 52.3 Å². The van der Waals surface area contributed by atoms with Crippen LogP contribution < -0.4 is 5.32 Å². The van der Waals surface area contributed by atoms with E-state index in [1.165, 1.54) is 0 Å². The molecule has 0 aliphatic carbocycles. The highest BCUT2D eigenvalue weighted by atomic mass is 16.5. The highest BCUT2D eigenvalue weighted by molar-refractivity contribution is 5.92. The van der Waals surface area contributed by atoms with Gasteiger partial charge in [-0.1, -0.05) is 0 Å². The van der Waals surface area contributed by atoms with E-state index in [-0.39, 0.29) is 18.1 Å². The van der Waals surface area contributed by atoms with Crippen LogP contribution in [-0.2, 0) is 17.8 Å². The molecule has 25 heavy (non-hydrogen) atoms. The Hall–Kier alpha value is -2.12.